The van der Waals surface area contributed by atoms with Crippen molar-refractivity contribution in [1.82, 2.24) is 0 Å². The van der Waals surface area contributed by atoms with Gasteiger partial charge in [0.25, 0.3) is 17.7 Å². The number of nitrogens with two attached hydrogens (primary N) is 1. The molecule has 0 fully saturated rings. The molecule has 0 unspecified atom stereocenters. The maximum absolute atomic E-state index is 12.6. The number of rotatable bonds is 5. The van der Waals surface area contributed by atoms with Crippen molar-refractivity contribution in [3.63, 3.8) is 0 Å². The molecule has 0 spiro atoms. The molecule has 3 amide bonds. The van der Waals surface area contributed by atoms with E-state index in [1.54, 1.807) is 47.7 Å². The van der Waals surface area contributed by atoms with E-state index in [-0.39, 0.29) is 11.8 Å². The molecule has 136 valence electrons. The van der Waals surface area contributed by atoms with Gasteiger partial charge in [-0.2, -0.15) is 0 Å². The SMILES string of the molecule is CN(C(=O)c1ccc(C(=O)Nc2ccsc2C(N)=O)cc1)c1ccccc1. The highest BCUT2D eigenvalue weighted by Gasteiger charge is 2.16. The molecular formula is C20H17N3O3S. The van der Waals surface area contributed by atoms with Gasteiger partial charge in [-0.3, -0.25) is 14.4 Å². The average molecular weight is 379 g/mol. The van der Waals surface area contributed by atoms with Crippen molar-refractivity contribution >= 4 is 40.4 Å². The monoisotopic (exact) mass is 379 g/mol. The zero-order valence-corrected chi connectivity index (χ0v) is 15.3. The number of amides is 3. The Morgan fingerprint density at radius 1 is 0.926 bits per heavy atom. The summed E-state index contributed by atoms with van der Waals surface area (Å²) < 4.78 is 0. The molecule has 3 rings (SSSR count). The molecule has 0 radical (unpaired) electrons. The Labute approximate surface area is 160 Å². The number of para-hydroxylation sites is 1. The van der Waals surface area contributed by atoms with Gasteiger partial charge in [0, 0.05) is 23.9 Å². The largest absolute Gasteiger partial charge is 0.365 e. The van der Waals surface area contributed by atoms with Crippen LogP contribution in [0.4, 0.5) is 11.4 Å². The van der Waals surface area contributed by atoms with E-state index >= 15 is 0 Å². The molecule has 3 N–H and O–H groups in total. The van der Waals surface area contributed by atoms with Gasteiger partial charge < -0.3 is 16.0 Å². The van der Waals surface area contributed by atoms with E-state index in [2.05, 4.69) is 5.32 Å². The van der Waals surface area contributed by atoms with Gasteiger partial charge in [-0.1, -0.05) is 18.2 Å². The summed E-state index contributed by atoms with van der Waals surface area (Å²) in [6.07, 6.45) is 0. The number of thiophene rings is 1. The molecule has 1 aromatic heterocycles. The summed E-state index contributed by atoms with van der Waals surface area (Å²) in [5.74, 6) is -1.15. The third-order valence-corrected chi connectivity index (χ3v) is 4.91. The highest BCUT2D eigenvalue weighted by atomic mass is 32.1. The number of anilines is 2. The van der Waals surface area contributed by atoms with Crippen molar-refractivity contribution < 1.29 is 14.4 Å². The molecule has 27 heavy (non-hydrogen) atoms. The number of nitrogens with one attached hydrogen (secondary N) is 1. The predicted molar refractivity (Wildman–Crippen MR) is 106 cm³/mol. The summed E-state index contributed by atoms with van der Waals surface area (Å²) in [6, 6.07) is 17.2. The topological polar surface area (TPSA) is 92.5 Å². The van der Waals surface area contributed by atoms with Crippen molar-refractivity contribution in [2.24, 2.45) is 5.73 Å². The number of benzene rings is 2. The Bertz CT molecular complexity index is 981. The number of nitrogens with zero attached hydrogens (tertiary/aromatic N) is 1. The molecule has 0 saturated heterocycles. The Morgan fingerprint density at radius 3 is 2.19 bits per heavy atom. The fourth-order valence-corrected chi connectivity index (χ4v) is 3.22. The smallest absolute Gasteiger partial charge is 0.260 e. The molecule has 7 heteroatoms. The van der Waals surface area contributed by atoms with Crippen molar-refractivity contribution in [1.29, 1.82) is 0 Å². The van der Waals surface area contributed by atoms with E-state index in [4.69, 9.17) is 5.73 Å². The fourth-order valence-electron chi connectivity index (χ4n) is 2.52. The van der Waals surface area contributed by atoms with Crippen LogP contribution in [0.15, 0.2) is 66.0 Å². The van der Waals surface area contributed by atoms with Gasteiger partial charge in [-0.05, 0) is 47.8 Å². The van der Waals surface area contributed by atoms with Crippen LogP contribution in [0, 0.1) is 0 Å². The molecule has 3 aromatic rings. The van der Waals surface area contributed by atoms with Crippen LogP contribution in [0.2, 0.25) is 0 Å². The average Bonchev–Trinajstić information content (AvgIpc) is 3.16. The van der Waals surface area contributed by atoms with Crippen LogP contribution in [-0.2, 0) is 0 Å². The molecule has 6 nitrogen and oxygen atoms in total. The van der Waals surface area contributed by atoms with E-state index in [0.29, 0.717) is 21.7 Å². The molecule has 2 aromatic carbocycles. The Hall–Kier alpha value is -3.45. The first kappa shape index (κ1) is 18.3. The lowest BCUT2D eigenvalue weighted by molar-refractivity contribution is 0.0986. The van der Waals surface area contributed by atoms with Crippen LogP contribution < -0.4 is 16.0 Å². The predicted octanol–water partition coefficient (Wildman–Crippen LogP) is 3.38. The van der Waals surface area contributed by atoms with Crippen molar-refractivity contribution in [3.05, 3.63) is 82.0 Å². The number of carbonyl (C=O) groups excluding carboxylic acids is 3. The summed E-state index contributed by atoms with van der Waals surface area (Å²) in [5.41, 5.74) is 7.27. The van der Waals surface area contributed by atoms with Gasteiger partial charge in [-0.15, -0.1) is 11.3 Å². The third-order valence-electron chi connectivity index (χ3n) is 3.98. The molecule has 1 heterocycles. The van der Waals surface area contributed by atoms with Crippen LogP contribution in [0.5, 0.6) is 0 Å². The Kier molecular flexibility index (Phi) is 5.33. The molecule has 0 bridgehead atoms. The highest BCUT2D eigenvalue weighted by Crippen LogP contribution is 2.22. The van der Waals surface area contributed by atoms with Crippen LogP contribution in [-0.4, -0.2) is 24.8 Å². The van der Waals surface area contributed by atoms with E-state index in [9.17, 15) is 14.4 Å². The van der Waals surface area contributed by atoms with Crippen molar-refractivity contribution in [2.75, 3.05) is 17.3 Å². The summed E-state index contributed by atoms with van der Waals surface area (Å²) in [7, 11) is 1.69. The number of hydrogen-bond acceptors (Lipinski definition) is 4. The third kappa shape index (κ3) is 4.04. The van der Waals surface area contributed by atoms with Crippen LogP contribution in [0.3, 0.4) is 0 Å². The maximum Gasteiger partial charge on any atom is 0.260 e. The van der Waals surface area contributed by atoms with Gasteiger partial charge in [0.05, 0.1) is 5.69 Å². The van der Waals surface area contributed by atoms with Crippen LogP contribution in [0.25, 0.3) is 0 Å². The Balaban J connectivity index is 1.73. The maximum atomic E-state index is 12.6. The van der Waals surface area contributed by atoms with Gasteiger partial charge in [0.1, 0.15) is 4.88 Å². The minimum atomic E-state index is -0.592. The summed E-state index contributed by atoms with van der Waals surface area (Å²) in [5, 5.41) is 4.34. The molecule has 0 aliphatic heterocycles. The first-order chi connectivity index (χ1) is 13.0. The highest BCUT2D eigenvalue weighted by molar-refractivity contribution is 7.12. The minimum absolute atomic E-state index is 0.179. The second kappa shape index (κ2) is 7.84. The van der Waals surface area contributed by atoms with E-state index in [1.165, 1.54) is 0 Å². The standard InChI is InChI=1S/C20H17N3O3S/c1-23(15-5-3-2-4-6-15)20(26)14-9-7-13(8-10-14)19(25)22-16-11-12-27-17(16)18(21)24/h2-12H,1H3,(H2,21,24)(H,22,25). The second-order valence-corrected chi connectivity index (χ2v) is 6.67. The summed E-state index contributed by atoms with van der Waals surface area (Å²) in [6.45, 7) is 0. The fraction of sp³-hybridized carbons (Fsp3) is 0.0500. The normalized spacial score (nSPS) is 10.3. The zero-order chi connectivity index (χ0) is 19.4. The number of hydrogen-bond donors (Lipinski definition) is 2. The van der Waals surface area contributed by atoms with Crippen molar-refractivity contribution in [2.45, 2.75) is 0 Å². The number of carbonyl (C=O) groups is 3. The molecule has 0 saturated carbocycles. The van der Waals surface area contributed by atoms with Gasteiger partial charge in [-0.25, -0.2) is 0 Å². The molecule has 0 aliphatic carbocycles. The number of primary amides is 1. The van der Waals surface area contributed by atoms with Gasteiger partial charge in [0.2, 0.25) is 0 Å². The van der Waals surface area contributed by atoms with E-state index in [1.807, 2.05) is 30.3 Å². The van der Waals surface area contributed by atoms with Crippen LogP contribution in [0.1, 0.15) is 30.4 Å². The second-order valence-electron chi connectivity index (χ2n) is 5.76. The van der Waals surface area contributed by atoms with Gasteiger partial charge in [0.15, 0.2) is 0 Å². The molecule has 0 atom stereocenters. The minimum Gasteiger partial charge on any atom is -0.365 e. The first-order valence-corrected chi connectivity index (χ1v) is 8.97. The first-order valence-electron chi connectivity index (χ1n) is 8.09. The quantitative estimate of drug-likeness (QED) is 0.712. The zero-order valence-electron chi connectivity index (χ0n) is 14.5. The lowest BCUT2D eigenvalue weighted by atomic mass is 10.1. The molecule has 0 aliphatic rings. The van der Waals surface area contributed by atoms with Crippen molar-refractivity contribution in [3.8, 4) is 0 Å². The summed E-state index contributed by atoms with van der Waals surface area (Å²) in [4.78, 5) is 38.1. The lowest BCUT2D eigenvalue weighted by Crippen LogP contribution is -2.26. The summed E-state index contributed by atoms with van der Waals surface area (Å²) >= 11 is 1.16. The van der Waals surface area contributed by atoms with Crippen LogP contribution >= 0.6 is 11.3 Å². The molecular weight excluding hydrogens is 362 g/mol. The van der Waals surface area contributed by atoms with E-state index < -0.39 is 5.91 Å². The lowest BCUT2D eigenvalue weighted by Gasteiger charge is -2.17. The van der Waals surface area contributed by atoms with E-state index in [0.717, 1.165) is 17.0 Å². The Morgan fingerprint density at radius 2 is 1.56 bits per heavy atom. The van der Waals surface area contributed by atoms with Gasteiger partial charge >= 0.3 is 0 Å².